The largest absolute Gasteiger partial charge is 0.496 e. The number of hydrogen-bond acceptors (Lipinski definition) is 5. The lowest BCUT2D eigenvalue weighted by Crippen LogP contribution is -2.23. The van der Waals surface area contributed by atoms with Gasteiger partial charge in [0.2, 0.25) is 11.8 Å². The summed E-state index contributed by atoms with van der Waals surface area (Å²) in [6.45, 7) is 0.736. The molecule has 6 heteroatoms. The highest BCUT2D eigenvalue weighted by Crippen LogP contribution is 2.26. The maximum atomic E-state index is 12.2. The zero-order valence-corrected chi connectivity index (χ0v) is 14.8. The van der Waals surface area contributed by atoms with Gasteiger partial charge in [0.15, 0.2) is 5.70 Å². The van der Waals surface area contributed by atoms with Gasteiger partial charge < -0.3 is 14.4 Å². The van der Waals surface area contributed by atoms with Crippen LogP contribution in [0.5, 0.6) is 5.75 Å². The number of para-hydroxylation sites is 1. The van der Waals surface area contributed by atoms with Crippen LogP contribution in [0.25, 0.3) is 6.08 Å². The second-order valence-corrected chi connectivity index (χ2v) is 6.27. The Kier molecular flexibility index (Phi) is 4.46. The molecule has 0 aliphatic carbocycles. The molecular formula is C21H18N2O4. The van der Waals surface area contributed by atoms with Crippen molar-refractivity contribution in [1.82, 2.24) is 0 Å². The second-order valence-electron chi connectivity index (χ2n) is 6.27. The number of hydrogen-bond donors (Lipinski definition) is 0. The van der Waals surface area contributed by atoms with Gasteiger partial charge in [0, 0.05) is 29.8 Å². The van der Waals surface area contributed by atoms with Gasteiger partial charge in [-0.1, -0.05) is 18.2 Å². The van der Waals surface area contributed by atoms with Crippen LogP contribution in [0.4, 0.5) is 5.69 Å². The summed E-state index contributed by atoms with van der Waals surface area (Å²) in [6, 6.07) is 14.7. The number of nitrogens with zero attached hydrogens (tertiary/aromatic N) is 2. The summed E-state index contributed by atoms with van der Waals surface area (Å²) < 4.78 is 10.6. The highest BCUT2D eigenvalue weighted by Gasteiger charge is 2.25. The molecule has 27 heavy (non-hydrogen) atoms. The van der Waals surface area contributed by atoms with E-state index in [1.165, 1.54) is 0 Å². The second kappa shape index (κ2) is 7.07. The molecule has 2 aliphatic rings. The van der Waals surface area contributed by atoms with Crippen molar-refractivity contribution >= 4 is 29.5 Å². The molecule has 136 valence electrons. The van der Waals surface area contributed by atoms with Gasteiger partial charge in [0.1, 0.15) is 5.75 Å². The molecule has 4 rings (SSSR count). The van der Waals surface area contributed by atoms with E-state index in [1.807, 2.05) is 36.4 Å². The molecule has 0 radical (unpaired) electrons. The summed E-state index contributed by atoms with van der Waals surface area (Å²) in [5.74, 6) is 0.533. The molecular weight excluding hydrogens is 344 g/mol. The van der Waals surface area contributed by atoms with Crippen molar-refractivity contribution in [3.8, 4) is 5.75 Å². The molecule has 1 amide bonds. The summed E-state index contributed by atoms with van der Waals surface area (Å²) in [6.07, 6.45) is 3.11. The van der Waals surface area contributed by atoms with Gasteiger partial charge in [-0.05, 0) is 42.8 Å². The Morgan fingerprint density at radius 2 is 1.89 bits per heavy atom. The number of carbonyl (C=O) groups is 2. The fourth-order valence-electron chi connectivity index (χ4n) is 3.17. The third-order valence-corrected chi connectivity index (χ3v) is 4.55. The number of benzene rings is 2. The van der Waals surface area contributed by atoms with Crippen molar-refractivity contribution in [3.05, 3.63) is 65.4 Å². The van der Waals surface area contributed by atoms with E-state index in [4.69, 9.17) is 9.47 Å². The molecule has 1 saturated heterocycles. The molecule has 0 bridgehead atoms. The molecule has 1 fully saturated rings. The SMILES string of the molecule is COc1ccccc1C=C1N=C(c2ccc(N3CCCC3=O)cc2)OC1=O. The Bertz CT molecular complexity index is 960. The summed E-state index contributed by atoms with van der Waals surface area (Å²) in [7, 11) is 1.58. The van der Waals surface area contributed by atoms with E-state index in [1.54, 1.807) is 30.2 Å². The molecule has 0 spiro atoms. The van der Waals surface area contributed by atoms with E-state index >= 15 is 0 Å². The Morgan fingerprint density at radius 1 is 1.11 bits per heavy atom. The molecule has 2 aromatic rings. The van der Waals surface area contributed by atoms with Gasteiger partial charge in [0.05, 0.1) is 7.11 Å². The van der Waals surface area contributed by atoms with Crippen LogP contribution in [-0.2, 0) is 14.3 Å². The number of esters is 1. The zero-order chi connectivity index (χ0) is 18.8. The first-order valence-corrected chi connectivity index (χ1v) is 8.72. The standard InChI is InChI=1S/C21H18N2O4/c1-26-18-6-3-2-5-15(18)13-17-21(25)27-20(22-17)14-8-10-16(11-9-14)23-12-4-7-19(23)24/h2-3,5-6,8-11,13H,4,7,12H2,1H3. The number of aliphatic imine (C=N–C) groups is 1. The Morgan fingerprint density at radius 3 is 2.59 bits per heavy atom. The summed E-state index contributed by atoms with van der Waals surface area (Å²) in [5.41, 5.74) is 2.49. The van der Waals surface area contributed by atoms with Crippen molar-refractivity contribution in [2.75, 3.05) is 18.6 Å². The molecule has 0 aromatic heterocycles. The highest BCUT2D eigenvalue weighted by molar-refractivity contribution is 6.13. The van der Waals surface area contributed by atoms with Crippen LogP contribution in [0.2, 0.25) is 0 Å². The van der Waals surface area contributed by atoms with Crippen LogP contribution in [0, 0.1) is 0 Å². The van der Waals surface area contributed by atoms with Gasteiger partial charge in [-0.25, -0.2) is 9.79 Å². The van der Waals surface area contributed by atoms with Crippen LogP contribution in [0.3, 0.4) is 0 Å². The van der Waals surface area contributed by atoms with Crippen molar-refractivity contribution < 1.29 is 19.1 Å². The monoisotopic (exact) mass is 362 g/mol. The highest BCUT2D eigenvalue weighted by atomic mass is 16.6. The minimum Gasteiger partial charge on any atom is -0.496 e. The number of anilines is 1. The van der Waals surface area contributed by atoms with Crippen molar-refractivity contribution in [2.45, 2.75) is 12.8 Å². The lowest BCUT2D eigenvalue weighted by atomic mass is 10.1. The smallest absolute Gasteiger partial charge is 0.363 e. The Labute approximate surface area is 156 Å². The lowest BCUT2D eigenvalue weighted by Gasteiger charge is -2.15. The lowest BCUT2D eigenvalue weighted by molar-refractivity contribution is -0.130. The minimum atomic E-state index is -0.505. The van der Waals surface area contributed by atoms with E-state index in [0.717, 1.165) is 24.2 Å². The first-order chi connectivity index (χ1) is 13.2. The third-order valence-electron chi connectivity index (χ3n) is 4.55. The predicted molar refractivity (Wildman–Crippen MR) is 102 cm³/mol. The Hall–Kier alpha value is -3.41. The van der Waals surface area contributed by atoms with E-state index in [2.05, 4.69) is 4.99 Å². The van der Waals surface area contributed by atoms with Crippen LogP contribution in [0.1, 0.15) is 24.0 Å². The predicted octanol–water partition coefficient (Wildman–Crippen LogP) is 3.17. The molecule has 2 aromatic carbocycles. The van der Waals surface area contributed by atoms with Crippen LogP contribution < -0.4 is 9.64 Å². The van der Waals surface area contributed by atoms with Gasteiger partial charge in [-0.2, -0.15) is 0 Å². The van der Waals surface area contributed by atoms with Gasteiger partial charge in [-0.3, -0.25) is 4.79 Å². The number of cyclic esters (lactones) is 1. The maximum absolute atomic E-state index is 12.2. The van der Waals surface area contributed by atoms with Crippen LogP contribution in [-0.4, -0.2) is 31.4 Å². The summed E-state index contributed by atoms with van der Waals surface area (Å²) in [5, 5.41) is 0. The van der Waals surface area contributed by atoms with E-state index in [9.17, 15) is 9.59 Å². The first-order valence-electron chi connectivity index (χ1n) is 8.72. The number of ether oxygens (including phenoxy) is 2. The molecule has 0 atom stereocenters. The number of rotatable bonds is 4. The molecule has 0 saturated carbocycles. The van der Waals surface area contributed by atoms with E-state index in [0.29, 0.717) is 17.7 Å². The van der Waals surface area contributed by atoms with Crippen molar-refractivity contribution in [2.24, 2.45) is 4.99 Å². The summed E-state index contributed by atoms with van der Waals surface area (Å²) in [4.78, 5) is 30.1. The molecule has 2 heterocycles. The third kappa shape index (κ3) is 3.33. The molecule has 6 nitrogen and oxygen atoms in total. The number of methoxy groups -OCH3 is 1. The first kappa shape index (κ1) is 17.0. The van der Waals surface area contributed by atoms with Crippen LogP contribution in [0.15, 0.2) is 59.2 Å². The summed E-state index contributed by atoms with van der Waals surface area (Å²) >= 11 is 0. The van der Waals surface area contributed by atoms with Gasteiger partial charge in [-0.15, -0.1) is 0 Å². The van der Waals surface area contributed by atoms with E-state index in [-0.39, 0.29) is 17.5 Å². The fourth-order valence-corrected chi connectivity index (χ4v) is 3.17. The fraction of sp³-hybridized carbons (Fsp3) is 0.190. The Balaban J connectivity index is 1.59. The average Bonchev–Trinajstić information content (AvgIpc) is 3.28. The minimum absolute atomic E-state index is 0.134. The zero-order valence-electron chi connectivity index (χ0n) is 14.8. The normalized spacial score (nSPS) is 18.0. The van der Waals surface area contributed by atoms with Crippen molar-refractivity contribution in [3.63, 3.8) is 0 Å². The molecule has 0 unspecified atom stereocenters. The number of carbonyl (C=O) groups excluding carboxylic acids is 2. The van der Waals surface area contributed by atoms with E-state index < -0.39 is 5.97 Å². The number of amides is 1. The van der Waals surface area contributed by atoms with Gasteiger partial charge in [0.25, 0.3) is 0 Å². The van der Waals surface area contributed by atoms with Crippen LogP contribution >= 0.6 is 0 Å². The average molecular weight is 362 g/mol. The van der Waals surface area contributed by atoms with Gasteiger partial charge >= 0.3 is 5.97 Å². The van der Waals surface area contributed by atoms with Crippen molar-refractivity contribution in [1.29, 1.82) is 0 Å². The molecule has 2 aliphatic heterocycles. The molecule has 0 N–H and O–H groups in total. The maximum Gasteiger partial charge on any atom is 0.363 e. The topological polar surface area (TPSA) is 68.2 Å². The quantitative estimate of drug-likeness (QED) is 0.619.